The number of methoxy groups -OCH3 is 1. The first kappa shape index (κ1) is 24.9. The minimum absolute atomic E-state index is 0.202. The van der Waals surface area contributed by atoms with Gasteiger partial charge in [0.2, 0.25) is 0 Å². The van der Waals surface area contributed by atoms with Crippen LogP contribution in [-0.4, -0.2) is 28.0 Å². The fraction of sp³-hybridized carbons (Fsp3) is 0.189. The lowest BCUT2D eigenvalue weighted by Gasteiger charge is -2.41. The summed E-state index contributed by atoms with van der Waals surface area (Å²) in [6.45, 7) is 2.23. The Morgan fingerprint density at radius 2 is 1.24 bits per heavy atom. The van der Waals surface area contributed by atoms with Crippen molar-refractivity contribution in [2.75, 3.05) is 7.11 Å². The van der Waals surface area contributed by atoms with Crippen molar-refractivity contribution in [2.45, 2.75) is 37.0 Å². The van der Waals surface area contributed by atoms with E-state index in [0.717, 1.165) is 67.7 Å². The molecular formula is C37H29N3O2. The molecule has 42 heavy (non-hydrogen) atoms. The number of para-hydroxylation sites is 3. The lowest BCUT2D eigenvalue weighted by Crippen LogP contribution is -2.39. The van der Waals surface area contributed by atoms with Crippen molar-refractivity contribution in [1.82, 2.24) is 15.0 Å². The van der Waals surface area contributed by atoms with E-state index in [2.05, 4.69) is 73.7 Å². The van der Waals surface area contributed by atoms with Crippen LogP contribution in [0.1, 0.15) is 48.6 Å². The number of carbonyl (C=O) groups excluding carboxylic acids is 1. The van der Waals surface area contributed by atoms with E-state index in [-0.39, 0.29) is 12.4 Å². The Morgan fingerprint density at radius 3 is 1.95 bits per heavy atom. The molecule has 2 aliphatic rings. The van der Waals surface area contributed by atoms with Crippen molar-refractivity contribution < 1.29 is 9.53 Å². The standard InChI is InChI=1S/C37H29N3O2/c1-3-36(26-15-7-6-14-25(26)34-35(36)40-31-19-11-10-18-30(31)39-34)22-37(21-32(41)42-2)27-16-8-5-13-24(27)33-28(37)20-23-12-4-9-17-29(23)38-33/h4-20H,3,21-22H2,1-2H3/t36-,37+/m1/s1. The molecule has 2 atom stereocenters. The van der Waals surface area contributed by atoms with Crippen LogP contribution in [0.2, 0.25) is 0 Å². The molecule has 5 nitrogen and oxygen atoms in total. The third-order valence-electron chi connectivity index (χ3n) is 9.54. The van der Waals surface area contributed by atoms with Gasteiger partial charge < -0.3 is 4.74 Å². The summed E-state index contributed by atoms with van der Waals surface area (Å²) >= 11 is 0. The molecule has 4 aromatic carbocycles. The number of benzene rings is 4. The number of hydrogen-bond donors (Lipinski definition) is 0. The summed E-state index contributed by atoms with van der Waals surface area (Å²) < 4.78 is 5.40. The Kier molecular flexibility index (Phi) is 5.36. The Morgan fingerprint density at radius 1 is 0.667 bits per heavy atom. The van der Waals surface area contributed by atoms with Crippen LogP contribution >= 0.6 is 0 Å². The number of fused-ring (bicyclic) bond motifs is 8. The summed E-state index contributed by atoms with van der Waals surface area (Å²) in [6.07, 6.45) is 1.63. The van der Waals surface area contributed by atoms with E-state index >= 15 is 0 Å². The van der Waals surface area contributed by atoms with Gasteiger partial charge in [-0.1, -0.05) is 85.8 Å². The number of pyridine rings is 1. The summed E-state index contributed by atoms with van der Waals surface area (Å²) in [5, 5.41) is 1.06. The second-order valence-corrected chi connectivity index (χ2v) is 11.5. The fourth-order valence-corrected chi connectivity index (χ4v) is 7.63. The van der Waals surface area contributed by atoms with Crippen LogP contribution in [0.3, 0.4) is 0 Å². The quantitative estimate of drug-likeness (QED) is 0.206. The van der Waals surface area contributed by atoms with Gasteiger partial charge >= 0.3 is 5.97 Å². The first-order valence-corrected chi connectivity index (χ1v) is 14.5. The number of nitrogens with zero attached hydrogens (tertiary/aromatic N) is 3. The van der Waals surface area contributed by atoms with Gasteiger partial charge in [0, 0.05) is 27.3 Å². The molecule has 0 saturated heterocycles. The second kappa shape index (κ2) is 9.05. The fourth-order valence-electron chi connectivity index (χ4n) is 7.63. The van der Waals surface area contributed by atoms with E-state index in [9.17, 15) is 4.79 Å². The molecule has 0 unspecified atom stereocenters. The molecule has 0 saturated carbocycles. The first-order valence-electron chi connectivity index (χ1n) is 14.5. The van der Waals surface area contributed by atoms with Crippen LogP contribution in [0, 0.1) is 0 Å². The van der Waals surface area contributed by atoms with E-state index in [0.29, 0.717) is 6.42 Å². The zero-order valence-electron chi connectivity index (χ0n) is 23.6. The second-order valence-electron chi connectivity index (χ2n) is 11.5. The molecule has 0 fully saturated rings. The van der Waals surface area contributed by atoms with E-state index < -0.39 is 10.8 Å². The first-order chi connectivity index (χ1) is 20.6. The maximum Gasteiger partial charge on any atom is 0.306 e. The molecule has 5 heteroatoms. The van der Waals surface area contributed by atoms with Gasteiger partial charge in [-0.15, -0.1) is 0 Å². The molecule has 2 aromatic heterocycles. The highest BCUT2D eigenvalue weighted by atomic mass is 16.5. The van der Waals surface area contributed by atoms with Gasteiger partial charge in [0.25, 0.3) is 0 Å². The molecule has 2 aliphatic carbocycles. The number of hydrogen-bond acceptors (Lipinski definition) is 5. The van der Waals surface area contributed by atoms with Gasteiger partial charge in [-0.2, -0.15) is 0 Å². The zero-order chi connectivity index (χ0) is 28.5. The third kappa shape index (κ3) is 3.31. The predicted octanol–water partition coefficient (Wildman–Crippen LogP) is 7.77. The summed E-state index contributed by atoms with van der Waals surface area (Å²) in [6, 6.07) is 35.5. The Hall–Kier alpha value is -4.90. The highest BCUT2D eigenvalue weighted by molar-refractivity contribution is 5.91. The van der Waals surface area contributed by atoms with E-state index in [1.54, 1.807) is 0 Å². The lowest BCUT2D eigenvalue weighted by atomic mass is 9.61. The summed E-state index contributed by atoms with van der Waals surface area (Å²) in [7, 11) is 1.48. The van der Waals surface area contributed by atoms with Crippen LogP contribution in [0.4, 0.5) is 0 Å². The zero-order valence-corrected chi connectivity index (χ0v) is 23.6. The smallest absolute Gasteiger partial charge is 0.306 e. The highest BCUT2D eigenvalue weighted by Gasteiger charge is 2.55. The monoisotopic (exact) mass is 547 g/mol. The maximum atomic E-state index is 13.4. The summed E-state index contributed by atoms with van der Waals surface area (Å²) in [5.74, 6) is -0.242. The van der Waals surface area contributed by atoms with Crippen LogP contribution in [0.25, 0.3) is 44.5 Å². The van der Waals surface area contributed by atoms with Crippen molar-refractivity contribution in [3.8, 4) is 22.5 Å². The van der Waals surface area contributed by atoms with Crippen molar-refractivity contribution in [3.05, 3.63) is 126 Å². The maximum absolute atomic E-state index is 13.4. The van der Waals surface area contributed by atoms with Gasteiger partial charge in [0.05, 0.1) is 47.2 Å². The molecule has 0 bridgehead atoms. The summed E-state index contributed by atoms with van der Waals surface area (Å²) in [4.78, 5) is 29.1. The number of carbonyl (C=O) groups is 1. The molecule has 8 rings (SSSR count). The number of ether oxygens (including phenoxy) is 1. The van der Waals surface area contributed by atoms with Crippen molar-refractivity contribution in [3.63, 3.8) is 0 Å². The SMILES string of the molecule is CC[C@@]1(C[C@@]2(CC(=O)OC)c3ccccc3-c3nc4ccccc4cc32)c2ccccc2-c2nc3ccccc3nc21. The van der Waals surface area contributed by atoms with Crippen LogP contribution in [0.15, 0.2) is 103 Å². The van der Waals surface area contributed by atoms with Crippen LogP contribution in [-0.2, 0) is 20.4 Å². The molecule has 0 spiro atoms. The minimum atomic E-state index is -0.686. The molecule has 0 amide bonds. The van der Waals surface area contributed by atoms with Crippen LogP contribution < -0.4 is 0 Å². The van der Waals surface area contributed by atoms with E-state index in [1.165, 1.54) is 12.7 Å². The Labute approximate surface area is 244 Å². The van der Waals surface area contributed by atoms with Gasteiger partial charge in [-0.25, -0.2) is 15.0 Å². The molecule has 0 radical (unpaired) electrons. The van der Waals surface area contributed by atoms with Gasteiger partial charge in [0.1, 0.15) is 0 Å². The lowest BCUT2D eigenvalue weighted by molar-refractivity contribution is -0.141. The van der Waals surface area contributed by atoms with Gasteiger partial charge in [-0.05, 0) is 53.8 Å². The molecule has 2 heterocycles. The molecule has 0 N–H and O–H groups in total. The van der Waals surface area contributed by atoms with Crippen molar-refractivity contribution in [2.24, 2.45) is 0 Å². The van der Waals surface area contributed by atoms with Crippen LogP contribution in [0.5, 0.6) is 0 Å². The normalized spacial score (nSPS) is 19.8. The number of aromatic nitrogens is 3. The van der Waals surface area contributed by atoms with Gasteiger partial charge in [0.15, 0.2) is 0 Å². The molecule has 204 valence electrons. The van der Waals surface area contributed by atoms with E-state index in [1.807, 2.05) is 36.4 Å². The van der Waals surface area contributed by atoms with Gasteiger partial charge in [-0.3, -0.25) is 4.79 Å². The number of rotatable bonds is 5. The Bertz CT molecular complexity index is 2070. The third-order valence-corrected chi connectivity index (χ3v) is 9.54. The van der Waals surface area contributed by atoms with E-state index in [4.69, 9.17) is 19.7 Å². The average molecular weight is 548 g/mol. The molecule has 0 aliphatic heterocycles. The largest absolute Gasteiger partial charge is 0.469 e. The summed E-state index contributed by atoms with van der Waals surface area (Å²) in [5.41, 5.74) is 9.96. The predicted molar refractivity (Wildman–Crippen MR) is 165 cm³/mol. The van der Waals surface area contributed by atoms with Crippen molar-refractivity contribution in [1.29, 1.82) is 0 Å². The highest BCUT2D eigenvalue weighted by Crippen LogP contribution is 2.61. The average Bonchev–Trinajstić information content (AvgIpc) is 3.45. The van der Waals surface area contributed by atoms with Crippen molar-refractivity contribution >= 4 is 27.9 Å². The Balaban J connectivity index is 1.45. The topological polar surface area (TPSA) is 65.0 Å². The number of esters is 1. The minimum Gasteiger partial charge on any atom is -0.469 e. The molecular weight excluding hydrogens is 518 g/mol. The molecule has 6 aromatic rings.